The molecule has 2 aromatic carbocycles. The van der Waals surface area contributed by atoms with Crippen LogP contribution in [0.5, 0.6) is 0 Å². The van der Waals surface area contributed by atoms with Crippen LogP contribution in [0.2, 0.25) is 0 Å². The van der Waals surface area contributed by atoms with Crippen molar-refractivity contribution in [2.75, 3.05) is 7.11 Å². The van der Waals surface area contributed by atoms with E-state index < -0.39 is 28.3 Å². The van der Waals surface area contributed by atoms with Gasteiger partial charge < -0.3 is 4.74 Å². The topological polar surface area (TPSA) is 99.1 Å². The summed E-state index contributed by atoms with van der Waals surface area (Å²) in [5.41, 5.74) is 0.739. The molecule has 0 aromatic heterocycles. The number of carbonyl (C=O) groups excluding carboxylic acids is 2. The minimum Gasteiger partial charge on any atom is -0.469 e. The van der Waals surface area contributed by atoms with Crippen LogP contribution in [0, 0.1) is 6.92 Å². The molecular weight excluding hydrogens is 358 g/mol. The highest BCUT2D eigenvalue weighted by Crippen LogP contribution is 2.14. The van der Waals surface area contributed by atoms with Crippen molar-refractivity contribution >= 4 is 27.6 Å². The van der Waals surface area contributed by atoms with Crippen LogP contribution in [0.4, 0.5) is 0 Å². The quantitative estimate of drug-likeness (QED) is 0.319. The van der Waals surface area contributed by atoms with Gasteiger partial charge in [0, 0.05) is 5.56 Å². The predicted molar refractivity (Wildman–Crippen MR) is 94.3 cm³/mol. The number of carbonyl (C=O) groups is 2. The fourth-order valence-electron chi connectivity index (χ4n) is 1.96. The van der Waals surface area contributed by atoms with Gasteiger partial charge in [0.1, 0.15) is 10.6 Å². The second kappa shape index (κ2) is 8.39. The van der Waals surface area contributed by atoms with E-state index in [2.05, 4.69) is 14.2 Å². The minimum atomic E-state index is -4.22. The molecule has 0 unspecified atom stereocenters. The van der Waals surface area contributed by atoms with E-state index in [-0.39, 0.29) is 16.2 Å². The van der Waals surface area contributed by atoms with E-state index in [9.17, 15) is 18.0 Å². The van der Waals surface area contributed by atoms with Crippen molar-refractivity contribution in [1.29, 1.82) is 0 Å². The monoisotopic (exact) mass is 375 g/mol. The van der Waals surface area contributed by atoms with Crippen molar-refractivity contribution in [3.05, 3.63) is 65.7 Å². The molecule has 0 heterocycles. The molecule has 2 aromatic rings. The zero-order valence-electron chi connectivity index (χ0n) is 14.2. The molecule has 0 amide bonds. The van der Waals surface area contributed by atoms with Gasteiger partial charge in [0.05, 0.1) is 13.5 Å². The predicted octanol–water partition coefficient (Wildman–Crippen LogP) is 2.50. The molecule has 0 aliphatic heterocycles. The van der Waals surface area contributed by atoms with Crippen LogP contribution in [-0.4, -0.2) is 33.0 Å². The number of ketones is 1. The summed E-state index contributed by atoms with van der Waals surface area (Å²) in [5.74, 6) is -1.38. The number of benzene rings is 2. The molecule has 0 saturated carbocycles. The maximum Gasteiger partial charge on any atom is 0.358 e. The smallest absolute Gasteiger partial charge is 0.358 e. The first kappa shape index (κ1) is 19.3. The van der Waals surface area contributed by atoms with Crippen molar-refractivity contribution < 1.29 is 27.0 Å². The number of oxime groups is 1. The summed E-state index contributed by atoms with van der Waals surface area (Å²) in [7, 11) is -3.07. The minimum absolute atomic E-state index is 0.114. The summed E-state index contributed by atoms with van der Waals surface area (Å²) in [6.07, 6.45) is -0.520. The Morgan fingerprint density at radius 1 is 1.00 bits per heavy atom. The standard InChI is InChI=1S/C18H17NO6S/c1-13-8-10-15(11-9-13)26(22,23)25-19-16(12-17(20)24-2)18(21)14-6-4-3-5-7-14/h3-11H,12H2,1-2H3/b19-16-. The van der Waals surface area contributed by atoms with Gasteiger partial charge in [-0.3, -0.25) is 13.9 Å². The largest absolute Gasteiger partial charge is 0.469 e. The fraction of sp³-hybridized carbons (Fsp3) is 0.167. The molecule has 2 rings (SSSR count). The molecule has 8 heteroatoms. The molecule has 0 aliphatic carbocycles. The summed E-state index contributed by atoms with van der Waals surface area (Å²) in [5, 5.41) is 3.44. The Bertz CT molecular complexity index is 918. The zero-order chi connectivity index (χ0) is 19.2. The molecule has 26 heavy (non-hydrogen) atoms. The van der Waals surface area contributed by atoms with Gasteiger partial charge in [-0.1, -0.05) is 53.2 Å². The third-order valence-corrected chi connectivity index (χ3v) is 4.51. The Balaban J connectivity index is 2.31. The highest BCUT2D eigenvalue weighted by atomic mass is 32.2. The Morgan fingerprint density at radius 3 is 2.19 bits per heavy atom. The second-order valence-corrected chi connectivity index (χ2v) is 6.86. The first-order valence-electron chi connectivity index (χ1n) is 7.57. The first-order chi connectivity index (χ1) is 12.3. The van der Waals surface area contributed by atoms with Crippen molar-refractivity contribution in [3.63, 3.8) is 0 Å². The Kier molecular flexibility index (Phi) is 6.24. The van der Waals surface area contributed by atoms with Gasteiger partial charge in [0.15, 0.2) is 0 Å². The molecule has 0 radical (unpaired) electrons. The number of hydrogen-bond donors (Lipinski definition) is 0. The number of methoxy groups -OCH3 is 1. The Labute approximate surface area is 151 Å². The number of esters is 1. The number of rotatable bonds is 7. The molecule has 7 nitrogen and oxygen atoms in total. The van der Waals surface area contributed by atoms with Gasteiger partial charge in [0.2, 0.25) is 5.78 Å². The number of ether oxygens (including phenoxy) is 1. The van der Waals surface area contributed by atoms with Crippen molar-refractivity contribution in [2.24, 2.45) is 5.16 Å². The highest BCUT2D eigenvalue weighted by Gasteiger charge is 2.22. The molecule has 0 aliphatic rings. The van der Waals surface area contributed by atoms with E-state index in [0.29, 0.717) is 0 Å². The summed E-state index contributed by atoms with van der Waals surface area (Å²) >= 11 is 0. The van der Waals surface area contributed by atoms with E-state index >= 15 is 0 Å². The molecule has 0 fully saturated rings. The van der Waals surface area contributed by atoms with Gasteiger partial charge in [0.25, 0.3) is 0 Å². The van der Waals surface area contributed by atoms with Crippen LogP contribution in [0.15, 0.2) is 64.6 Å². The van der Waals surface area contributed by atoms with E-state index in [1.807, 2.05) is 6.92 Å². The lowest BCUT2D eigenvalue weighted by atomic mass is 10.1. The van der Waals surface area contributed by atoms with Crippen LogP contribution in [-0.2, 0) is 23.9 Å². The molecule has 0 N–H and O–H groups in total. The fourth-order valence-corrected chi connectivity index (χ4v) is 2.70. The number of nitrogens with zero attached hydrogens (tertiary/aromatic N) is 1. The van der Waals surface area contributed by atoms with Crippen molar-refractivity contribution in [3.8, 4) is 0 Å². The normalized spacial score (nSPS) is 11.7. The van der Waals surface area contributed by atoms with Crippen LogP contribution in [0.3, 0.4) is 0 Å². The van der Waals surface area contributed by atoms with E-state index in [4.69, 9.17) is 0 Å². The number of aryl methyl sites for hydroxylation is 1. The van der Waals surface area contributed by atoms with Crippen LogP contribution in [0.1, 0.15) is 22.3 Å². The van der Waals surface area contributed by atoms with Gasteiger partial charge in [-0.15, -0.1) is 0 Å². The maximum absolute atomic E-state index is 12.5. The lowest BCUT2D eigenvalue weighted by Gasteiger charge is -2.06. The lowest BCUT2D eigenvalue weighted by molar-refractivity contribution is -0.139. The summed E-state index contributed by atoms with van der Waals surface area (Å²) in [6, 6.07) is 13.9. The molecule has 0 atom stereocenters. The van der Waals surface area contributed by atoms with Crippen molar-refractivity contribution in [2.45, 2.75) is 18.2 Å². The summed E-state index contributed by atoms with van der Waals surface area (Å²) in [6.45, 7) is 1.81. The highest BCUT2D eigenvalue weighted by molar-refractivity contribution is 7.86. The summed E-state index contributed by atoms with van der Waals surface area (Å²) in [4.78, 5) is 23.9. The van der Waals surface area contributed by atoms with Crippen LogP contribution in [0.25, 0.3) is 0 Å². The Hall–Kier alpha value is -3.00. The molecule has 0 saturated heterocycles. The molecule has 136 valence electrons. The first-order valence-corrected chi connectivity index (χ1v) is 8.98. The van der Waals surface area contributed by atoms with Crippen molar-refractivity contribution in [1.82, 2.24) is 0 Å². The molecule has 0 spiro atoms. The van der Waals surface area contributed by atoms with Crippen LogP contribution >= 0.6 is 0 Å². The zero-order valence-corrected chi connectivity index (χ0v) is 15.0. The molecular formula is C18H17NO6S. The van der Waals surface area contributed by atoms with E-state index in [1.54, 1.807) is 30.3 Å². The summed E-state index contributed by atoms with van der Waals surface area (Å²) < 4.78 is 33.6. The Morgan fingerprint density at radius 2 is 1.62 bits per heavy atom. The SMILES string of the molecule is COC(=O)C/C(=N/OS(=O)(=O)c1ccc(C)cc1)C(=O)c1ccccc1. The average Bonchev–Trinajstić information content (AvgIpc) is 2.65. The average molecular weight is 375 g/mol. The van der Waals surface area contributed by atoms with Gasteiger partial charge in [-0.25, -0.2) is 0 Å². The van der Waals surface area contributed by atoms with E-state index in [1.165, 1.54) is 24.3 Å². The van der Waals surface area contributed by atoms with Gasteiger partial charge in [-0.05, 0) is 19.1 Å². The third kappa shape index (κ3) is 5.00. The van der Waals surface area contributed by atoms with Gasteiger partial charge >= 0.3 is 16.1 Å². The maximum atomic E-state index is 12.5. The number of Topliss-reactive ketones (excluding diaryl/α,β-unsaturated/α-hetero) is 1. The second-order valence-electron chi connectivity index (χ2n) is 5.33. The lowest BCUT2D eigenvalue weighted by Crippen LogP contribution is -2.20. The third-order valence-electron chi connectivity index (χ3n) is 3.39. The van der Waals surface area contributed by atoms with Crippen LogP contribution < -0.4 is 0 Å². The molecule has 0 bridgehead atoms. The van der Waals surface area contributed by atoms with Gasteiger partial charge in [-0.2, -0.15) is 8.42 Å². The number of hydrogen-bond acceptors (Lipinski definition) is 7. The van der Waals surface area contributed by atoms with E-state index in [0.717, 1.165) is 12.7 Å².